The van der Waals surface area contributed by atoms with Crippen molar-refractivity contribution in [2.24, 2.45) is 17.3 Å². The second-order valence-corrected chi connectivity index (χ2v) is 5.51. The average molecular weight is 268 g/mol. The first kappa shape index (κ1) is 16.3. The number of rotatable bonds is 7. The molecule has 0 radical (unpaired) electrons. The van der Waals surface area contributed by atoms with Gasteiger partial charge in [0.05, 0.1) is 12.1 Å². The van der Waals surface area contributed by atoms with E-state index in [2.05, 4.69) is 38.3 Å². The van der Waals surface area contributed by atoms with Crippen LogP contribution in [0.15, 0.2) is 37.0 Å². The van der Waals surface area contributed by atoms with Crippen molar-refractivity contribution in [2.75, 3.05) is 0 Å². The zero-order valence-corrected chi connectivity index (χ0v) is 12.4. The smallest absolute Gasteiger partial charge is 0.168 e. The molecule has 2 atom stereocenters. The minimum Gasteiger partial charge on any atom is -0.196 e. The maximum Gasteiger partial charge on any atom is 0.168 e. The number of nitriles is 2. The van der Waals surface area contributed by atoms with Gasteiger partial charge in [-0.05, 0) is 43.1 Å². The molecule has 0 aromatic heterocycles. The molecule has 0 aliphatic heterocycles. The third-order valence-electron chi connectivity index (χ3n) is 4.25. The molecule has 0 fully saturated rings. The Balaban J connectivity index is 3.19. The number of nitrogens with zero attached hydrogens (tertiary/aromatic N) is 2. The first-order valence-corrected chi connectivity index (χ1v) is 7.45. The van der Waals surface area contributed by atoms with Crippen molar-refractivity contribution < 1.29 is 0 Å². The highest BCUT2D eigenvalue weighted by molar-refractivity contribution is 5.37. The SMILES string of the molecule is C=CCC(C#N)(C#N)C1=CCCCC1C(C=C)CCC. The fourth-order valence-electron chi connectivity index (χ4n) is 3.23. The van der Waals surface area contributed by atoms with E-state index >= 15 is 0 Å². The van der Waals surface area contributed by atoms with Crippen molar-refractivity contribution >= 4 is 0 Å². The summed E-state index contributed by atoms with van der Waals surface area (Å²) < 4.78 is 0. The van der Waals surface area contributed by atoms with Gasteiger partial charge in [-0.25, -0.2) is 0 Å². The van der Waals surface area contributed by atoms with E-state index in [4.69, 9.17) is 0 Å². The molecule has 2 nitrogen and oxygen atoms in total. The molecular weight excluding hydrogens is 244 g/mol. The number of allylic oxidation sites excluding steroid dienone is 4. The van der Waals surface area contributed by atoms with Gasteiger partial charge in [0.2, 0.25) is 0 Å². The molecule has 1 rings (SSSR count). The maximum atomic E-state index is 9.58. The summed E-state index contributed by atoms with van der Waals surface area (Å²) in [4.78, 5) is 0. The summed E-state index contributed by atoms with van der Waals surface area (Å²) in [6.45, 7) is 9.83. The van der Waals surface area contributed by atoms with Gasteiger partial charge in [0.25, 0.3) is 0 Å². The van der Waals surface area contributed by atoms with E-state index < -0.39 is 5.41 Å². The Labute approximate surface area is 123 Å². The van der Waals surface area contributed by atoms with Crippen molar-refractivity contribution in [3.8, 4) is 12.1 Å². The summed E-state index contributed by atoms with van der Waals surface area (Å²) in [5.74, 6) is 0.637. The summed E-state index contributed by atoms with van der Waals surface area (Å²) in [5.41, 5.74) is -0.0334. The summed E-state index contributed by atoms with van der Waals surface area (Å²) in [7, 11) is 0. The van der Waals surface area contributed by atoms with Crippen LogP contribution in [0.1, 0.15) is 45.4 Å². The van der Waals surface area contributed by atoms with E-state index in [0.717, 1.165) is 37.7 Å². The van der Waals surface area contributed by atoms with Gasteiger partial charge in [0, 0.05) is 6.42 Å². The van der Waals surface area contributed by atoms with Crippen LogP contribution >= 0.6 is 0 Å². The fourth-order valence-corrected chi connectivity index (χ4v) is 3.23. The number of hydrogen-bond acceptors (Lipinski definition) is 2. The van der Waals surface area contributed by atoms with Crippen LogP contribution in [0.3, 0.4) is 0 Å². The molecule has 0 spiro atoms. The minimum atomic E-state index is -1.04. The molecule has 0 amide bonds. The van der Waals surface area contributed by atoms with Crippen molar-refractivity contribution in [3.05, 3.63) is 37.0 Å². The van der Waals surface area contributed by atoms with Gasteiger partial charge in [0.1, 0.15) is 0 Å². The Bertz CT molecular complexity index is 445. The van der Waals surface area contributed by atoms with Crippen LogP contribution in [0.5, 0.6) is 0 Å². The highest BCUT2D eigenvalue weighted by Crippen LogP contribution is 2.44. The lowest BCUT2D eigenvalue weighted by molar-refractivity contribution is 0.337. The molecule has 20 heavy (non-hydrogen) atoms. The van der Waals surface area contributed by atoms with Gasteiger partial charge in [-0.2, -0.15) is 10.5 Å². The maximum absolute atomic E-state index is 9.58. The normalized spacial score (nSPS) is 20.1. The summed E-state index contributed by atoms with van der Waals surface area (Å²) in [6.07, 6.45) is 11.5. The van der Waals surface area contributed by atoms with Crippen molar-refractivity contribution in [3.63, 3.8) is 0 Å². The van der Waals surface area contributed by atoms with Crippen molar-refractivity contribution in [2.45, 2.75) is 45.4 Å². The lowest BCUT2D eigenvalue weighted by Crippen LogP contribution is -2.30. The van der Waals surface area contributed by atoms with Gasteiger partial charge in [-0.1, -0.05) is 31.6 Å². The summed E-state index contributed by atoms with van der Waals surface area (Å²) in [6, 6.07) is 4.50. The molecule has 0 bridgehead atoms. The van der Waals surface area contributed by atoms with Gasteiger partial charge < -0.3 is 0 Å². The van der Waals surface area contributed by atoms with E-state index in [-0.39, 0.29) is 5.92 Å². The Morgan fingerprint density at radius 2 is 2.15 bits per heavy atom. The molecule has 0 aromatic rings. The number of hydrogen-bond donors (Lipinski definition) is 0. The summed E-state index contributed by atoms with van der Waals surface area (Å²) >= 11 is 0. The molecule has 0 aromatic carbocycles. The Morgan fingerprint density at radius 1 is 1.45 bits per heavy atom. The lowest BCUT2D eigenvalue weighted by Gasteiger charge is -2.35. The molecule has 1 aliphatic rings. The van der Waals surface area contributed by atoms with Crippen LogP contribution in [0.4, 0.5) is 0 Å². The zero-order chi connectivity index (χ0) is 15.0. The van der Waals surface area contributed by atoms with E-state index in [9.17, 15) is 10.5 Å². The Morgan fingerprint density at radius 3 is 2.65 bits per heavy atom. The molecule has 0 N–H and O–H groups in total. The van der Waals surface area contributed by atoms with Crippen LogP contribution in [0, 0.1) is 39.9 Å². The fraction of sp³-hybridized carbons (Fsp3) is 0.556. The van der Waals surface area contributed by atoms with Crippen LogP contribution in [-0.2, 0) is 0 Å². The molecule has 0 saturated heterocycles. The standard InChI is InChI=1S/C18H24N2/c1-4-9-15(6-3)16-10-7-8-11-17(16)18(13-19,14-20)12-5-2/h5-6,11,15-16H,2-4,7-10,12H2,1H3. The Kier molecular flexibility index (Phi) is 6.26. The van der Waals surface area contributed by atoms with Gasteiger partial charge in [-0.15, -0.1) is 13.2 Å². The molecule has 2 heteroatoms. The third kappa shape index (κ3) is 3.20. The molecule has 2 unspecified atom stereocenters. The quantitative estimate of drug-likeness (QED) is 0.615. The lowest BCUT2D eigenvalue weighted by atomic mass is 9.66. The first-order chi connectivity index (χ1) is 9.68. The van der Waals surface area contributed by atoms with Gasteiger partial charge in [-0.3, -0.25) is 0 Å². The van der Waals surface area contributed by atoms with Crippen LogP contribution in [0.25, 0.3) is 0 Å². The monoisotopic (exact) mass is 268 g/mol. The molecule has 0 saturated carbocycles. The van der Waals surface area contributed by atoms with E-state index in [1.54, 1.807) is 6.08 Å². The van der Waals surface area contributed by atoms with E-state index in [1.807, 2.05) is 6.08 Å². The summed E-state index contributed by atoms with van der Waals surface area (Å²) in [5, 5.41) is 19.2. The molecule has 1 aliphatic carbocycles. The van der Waals surface area contributed by atoms with E-state index in [1.165, 1.54) is 0 Å². The highest BCUT2D eigenvalue weighted by atomic mass is 14.5. The van der Waals surface area contributed by atoms with Crippen molar-refractivity contribution in [1.82, 2.24) is 0 Å². The second-order valence-electron chi connectivity index (χ2n) is 5.51. The van der Waals surface area contributed by atoms with E-state index in [0.29, 0.717) is 12.3 Å². The molecule has 0 heterocycles. The topological polar surface area (TPSA) is 47.6 Å². The highest BCUT2D eigenvalue weighted by Gasteiger charge is 2.40. The zero-order valence-electron chi connectivity index (χ0n) is 12.4. The van der Waals surface area contributed by atoms with Gasteiger partial charge in [0.15, 0.2) is 5.41 Å². The van der Waals surface area contributed by atoms with Crippen LogP contribution in [0.2, 0.25) is 0 Å². The third-order valence-corrected chi connectivity index (χ3v) is 4.25. The largest absolute Gasteiger partial charge is 0.196 e. The molecule has 106 valence electrons. The van der Waals surface area contributed by atoms with Gasteiger partial charge >= 0.3 is 0 Å². The minimum absolute atomic E-state index is 0.278. The molecular formula is C18H24N2. The predicted octanol–water partition coefficient (Wildman–Crippen LogP) is 4.92. The predicted molar refractivity (Wildman–Crippen MR) is 82.5 cm³/mol. The Hall–Kier alpha value is -1.80. The van der Waals surface area contributed by atoms with Crippen LogP contribution < -0.4 is 0 Å². The second kappa shape index (κ2) is 7.71. The average Bonchev–Trinajstić information content (AvgIpc) is 2.50. The first-order valence-electron chi connectivity index (χ1n) is 7.45. The van der Waals surface area contributed by atoms with Crippen LogP contribution in [-0.4, -0.2) is 0 Å². The van der Waals surface area contributed by atoms with Crippen molar-refractivity contribution in [1.29, 1.82) is 10.5 Å².